The van der Waals surface area contributed by atoms with Gasteiger partial charge in [0.05, 0.1) is 5.56 Å². The van der Waals surface area contributed by atoms with E-state index < -0.39 is 11.7 Å². The van der Waals surface area contributed by atoms with Crippen molar-refractivity contribution in [2.75, 3.05) is 5.32 Å². The third-order valence-corrected chi connectivity index (χ3v) is 3.47. The highest BCUT2D eigenvalue weighted by molar-refractivity contribution is 6.04. The van der Waals surface area contributed by atoms with Gasteiger partial charge in [-0.2, -0.15) is 13.2 Å². The summed E-state index contributed by atoms with van der Waals surface area (Å²) in [6.45, 7) is 3.87. The lowest BCUT2D eigenvalue weighted by Crippen LogP contribution is -2.05. The van der Waals surface area contributed by atoms with E-state index in [9.17, 15) is 18.0 Å². The molecule has 0 aliphatic rings. The minimum absolute atomic E-state index is 0.215. The number of anilines is 1. The van der Waals surface area contributed by atoms with Crippen LogP contribution in [0.25, 0.3) is 0 Å². The van der Waals surface area contributed by atoms with Crippen molar-refractivity contribution in [3.05, 3.63) is 77.0 Å². The van der Waals surface area contributed by atoms with Gasteiger partial charge in [-0.25, -0.2) is 0 Å². The lowest BCUT2D eigenvalue weighted by Gasteiger charge is -2.08. The molecule has 0 amide bonds. The van der Waals surface area contributed by atoms with Crippen LogP contribution in [-0.2, 0) is 6.18 Å². The van der Waals surface area contributed by atoms with Crippen LogP contribution in [0.3, 0.4) is 0 Å². The average Bonchev–Trinajstić information content (AvgIpc) is 2.49. The van der Waals surface area contributed by atoms with E-state index in [1.807, 2.05) is 19.9 Å². The number of nitrogens with one attached hydrogen (secondary N) is 1. The topological polar surface area (TPSA) is 29.1 Å². The van der Waals surface area contributed by atoms with E-state index >= 15 is 0 Å². The number of alkyl halides is 3. The standard InChI is InChI=1S/C18H16F3NO/c1-12-6-7-14(10-13(12)2)17(23)8-9-22-16-5-3-4-15(11-16)18(19,20)21/h3-11,22H,1-2H3/b9-8+. The van der Waals surface area contributed by atoms with Crippen molar-refractivity contribution in [3.63, 3.8) is 0 Å². The monoisotopic (exact) mass is 319 g/mol. The largest absolute Gasteiger partial charge is 0.416 e. The maximum atomic E-state index is 12.6. The molecule has 0 atom stereocenters. The van der Waals surface area contributed by atoms with Crippen LogP contribution < -0.4 is 5.32 Å². The molecule has 0 aliphatic carbocycles. The first-order valence-corrected chi connectivity index (χ1v) is 6.99. The second-order valence-electron chi connectivity index (χ2n) is 5.22. The van der Waals surface area contributed by atoms with Gasteiger partial charge in [-0.1, -0.05) is 18.2 Å². The van der Waals surface area contributed by atoms with Gasteiger partial charge in [0.15, 0.2) is 5.78 Å². The van der Waals surface area contributed by atoms with Crippen molar-refractivity contribution >= 4 is 11.5 Å². The highest BCUT2D eigenvalue weighted by atomic mass is 19.4. The minimum atomic E-state index is -4.39. The average molecular weight is 319 g/mol. The Morgan fingerprint density at radius 3 is 2.43 bits per heavy atom. The molecule has 120 valence electrons. The first-order chi connectivity index (χ1) is 10.8. The van der Waals surface area contributed by atoms with E-state index in [1.54, 1.807) is 12.1 Å². The zero-order valence-corrected chi connectivity index (χ0v) is 12.7. The lowest BCUT2D eigenvalue weighted by molar-refractivity contribution is -0.137. The number of halogens is 3. The third kappa shape index (κ3) is 4.45. The van der Waals surface area contributed by atoms with Gasteiger partial charge in [0, 0.05) is 23.5 Å². The minimum Gasteiger partial charge on any atom is -0.362 e. The summed E-state index contributed by atoms with van der Waals surface area (Å²) in [6.07, 6.45) is -1.76. The Kier molecular flexibility index (Phi) is 4.89. The number of allylic oxidation sites excluding steroid dienone is 1. The molecule has 1 N–H and O–H groups in total. The molecule has 2 aromatic carbocycles. The van der Waals surface area contributed by atoms with E-state index in [-0.39, 0.29) is 11.5 Å². The normalized spacial score (nSPS) is 11.7. The van der Waals surface area contributed by atoms with Crippen LogP contribution in [0.5, 0.6) is 0 Å². The number of hydrogen-bond acceptors (Lipinski definition) is 2. The molecule has 5 heteroatoms. The Morgan fingerprint density at radius 2 is 1.78 bits per heavy atom. The predicted molar refractivity (Wildman–Crippen MR) is 84.5 cm³/mol. The van der Waals surface area contributed by atoms with E-state index in [2.05, 4.69) is 5.32 Å². The number of carbonyl (C=O) groups is 1. The fourth-order valence-corrected chi connectivity index (χ4v) is 1.99. The molecular weight excluding hydrogens is 303 g/mol. The van der Waals surface area contributed by atoms with Gasteiger partial charge < -0.3 is 5.32 Å². The van der Waals surface area contributed by atoms with Crippen LogP contribution in [0.1, 0.15) is 27.0 Å². The molecule has 0 saturated heterocycles. The molecular formula is C18H16F3NO. The lowest BCUT2D eigenvalue weighted by atomic mass is 10.0. The molecule has 2 rings (SSSR count). The maximum absolute atomic E-state index is 12.6. The molecule has 0 spiro atoms. The van der Waals surface area contributed by atoms with Crippen LogP contribution in [0, 0.1) is 13.8 Å². The van der Waals surface area contributed by atoms with Gasteiger partial charge in [-0.05, 0) is 49.2 Å². The zero-order chi connectivity index (χ0) is 17.0. The Balaban J connectivity index is 2.06. The molecule has 0 bridgehead atoms. The summed E-state index contributed by atoms with van der Waals surface area (Å²) in [5.74, 6) is -0.215. The summed E-state index contributed by atoms with van der Waals surface area (Å²) in [7, 11) is 0. The van der Waals surface area contributed by atoms with Crippen molar-refractivity contribution < 1.29 is 18.0 Å². The van der Waals surface area contributed by atoms with Crippen molar-refractivity contribution in [3.8, 4) is 0 Å². The van der Waals surface area contributed by atoms with Crippen molar-refractivity contribution in [1.29, 1.82) is 0 Å². The van der Waals surface area contributed by atoms with Crippen LogP contribution in [0.2, 0.25) is 0 Å². The highest BCUT2D eigenvalue weighted by Crippen LogP contribution is 2.30. The Labute approximate surface area is 132 Å². The van der Waals surface area contributed by atoms with Gasteiger partial charge in [0.1, 0.15) is 0 Å². The van der Waals surface area contributed by atoms with Crippen LogP contribution >= 0.6 is 0 Å². The highest BCUT2D eigenvalue weighted by Gasteiger charge is 2.30. The van der Waals surface area contributed by atoms with Crippen LogP contribution in [-0.4, -0.2) is 5.78 Å². The number of rotatable bonds is 4. The quantitative estimate of drug-likeness (QED) is 0.625. The molecule has 0 heterocycles. The Bertz CT molecular complexity index is 748. The molecule has 23 heavy (non-hydrogen) atoms. The van der Waals surface area contributed by atoms with Crippen molar-refractivity contribution in [2.45, 2.75) is 20.0 Å². The summed E-state index contributed by atoms with van der Waals surface area (Å²) in [5, 5.41) is 2.68. The third-order valence-electron chi connectivity index (χ3n) is 3.47. The number of carbonyl (C=O) groups excluding carboxylic acids is 1. The summed E-state index contributed by atoms with van der Waals surface area (Å²) in [6, 6.07) is 10.2. The second-order valence-corrected chi connectivity index (χ2v) is 5.22. The molecule has 0 aromatic heterocycles. The predicted octanol–water partition coefficient (Wildman–Crippen LogP) is 5.13. The molecule has 0 saturated carbocycles. The number of ketones is 1. The fourth-order valence-electron chi connectivity index (χ4n) is 1.99. The van der Waals surface area contributed by atoms with Crippen LogP contribution in [0.15, 0.2) is 54.7 Å². The van der Waals surface area contributed by atoms with Crippen LogP contribution in [0.4, 0.5) is 18.9 Å². The van der Waals surface area contributed by atoms with Gasteiger partial charge in [0.2, 0.25) is 0 Å². The maximum Gasteiger partial charge on any atom is 0.416 e. The zero-order valence-electron chi connectivity index (χ0n) is 12.7. The molecule has 2 nitrogen and oxygen atoms in total. The number of hydrogen-bond donors (Lipinski definition) is 1. The summed E-state index contributed by atoms with van der Waals surface area (Å²) >= 11 is 0. The Hall–Kier alpha value is -2.56. The van der Waals surface area contributed by atoms with E-state index in [0.29, 0.717) is 5.56 Å². The van der Waals surface area contributed by atoms with E-state index in [0.717, 1.165) is 23.3 Å². The molecule has 0 aliphatic heterocycles. The number of aryl methyl sites for hydroxylation is 2. The molecule has 0 unspecified atom stereocenters. The van der Waals surface area contributed by atoms with Gasteiger partial charge >= 0.3 is 6.18 Å². The summed E-state index contributed by atoms with van der Waals surface area (Å²) in [5.41, 5.74) is 2.17. The summed E-state index contributed by atoms with van der Waals surface area (Å²) in [4.78, 5) is 12.0. The fraction of sp³-hybridized carbons (Fsp3) is 0.167. The van der Waals surface area contributed by atoms with Crippen molar-refractivity contribution in [1.82, 2.24) is 0 Å². The molecule has 2 aromatic rings. The van der Waals surface area contributed by atoms with E-state index in [1.165, 1.54) is 24.4 Å². The molecule has 0 radical (unpaired) electrons. The SMILES string of the molecule is Cc1ccc(C(=O)/C=C/Nc2cccc(C(F)(F)F)c2)cc1C. The van der Waals surface area contributed by atoms with Gasteiger partial charge in [0.25, 0.3) is 0 Å². The van der Waals surface area contributed by atoms with Gasteiger partial charge in [-0.3, -0.25) is 4.79 Å². The smallest absolute Gasteiger partial charge is 0.362 e. The van der Waals surface area contributed by atoms with Gasteiger partial charge in [-0.15, -0.1) is 0 Å². The first-order valence-electron chi connectivity index (χ1n) is 6.99. The molecule has 0 fully saturated rings. The second kappa shape index (κ2) is 6.69. The Morgan fingerprint density at radius 1 is 1.04 bits per heavy atom. The first kappa shape index (κ1) is 16.8. The van der Waals surface area contributed by atoms with E-state index in [4.69, 9.17) is 0 Å². The van der Waals surface area contributed by atoms with Crippen molar-refractivity contribution in [2.24, 2.45) is 0 Å². The number of benzene rings is 2. The summed E-state index contributed by atoms with van der Waals surface area (Å²) < 4.78 is 37.8.